The van der Waals surface area contributed by atoms with Crippen molar-refractivity contribution in [2.24, 2.45) is 5.92 Å². The van der Waals surface area contributed by atoms with E-state index in [1.807, 2.05) is 18.2 Å². The molecule has 0 radical (unpaired) electrons. The van der Waals surface area contributed by atoms with Crippen molar-refractivity contribution in [1.29, 1.82) is 0 Å². The third-order valence-electron chi connectivity index (χ3n) is 3.15. The lowest BCUT2D eigenvalue weighted by Crippen LogP contribution is -2.33. The minimum atomic E-state index is 0.479. The normalized spacial score (nSPS) is 12.7. The maximum absolute atomic E-state index is 6.09. The molecule has 19 heavy (non-hydrogen) atoms. The maximum atomic E-state index is 6.09. The number of hydrogen-bond donors (Lipinski definition) is 1. The SMILES string of the molecule is CCCNC(Cc1cc(Cl)ccc1OC)CC(C)C. The standard InChI is InChI=1S/C16H26ClNO/c1-5-8-18-15(9-12(2)3)11-13-10-14(17)6-7-16(13)19-4/h6-7,10,12,15,18H,5,8-9,11H2,1-4H3. The van der Waals surface area contributed by atoms with Crippen LogP contribution in [0.25, 0.3) is 0 Å². The molecule has 0 amide bonds. The molecule has 108 valence electrons. The van der Waals surface area contributed by atoms with Crippen LogP contribution in [0.15, 0.2) is 18.2 Å². The Kier molecular flexibility index (Phi) is 7.25. The van der Waals surface area contributed by atoms with E-state index in [0.717, 1.165) is 36.6 Å². The summed E-state index contributed by atoms with van der Waals surface area (Å²) in [6, 6.07) is 6.32. The number of rotatable bonds is 8. The average molecular weight is 284 g/mol. The topological polar surface area (TPSA) is 21.3 Å². The van der Waals surface area contributed by atoms with Crippen LogP contribution in [0.4, 0.5) is 0 Å². The molecule has 1 N–H and O–H groups in total. The average Bonchev–Trinajstić information content (AvgIpc) is 2.35. The minimum Gasteiger partial charge on any atom is -0.496 e. The Morgan fingerprint density at radius 2 is 2.05 bits per heavy atom. The van der Waals surface area contributed by atoms with Crippen LogP contribution in [0.3, 0.4) is 0 Å². The summed E-state index contributed by atoms with van der Waals surface area (Å²) >= 11 is 6.09. The second-order valence-electron chi connectivity index (χ2n) is 5.44. The van der Waals surface area contributed by atoms with E-state index < -0.39 is 0 Å². The lowest BCUT2D eigenvalue weighted by molar-refractivity contribution is 0.390. The first kappa shape index (κ1) is 16.3. The van der Waals surface area contributed by atoms with Crippen LogP contribution in [0, 0.1) is 5.92 Å². The van der Waals surface area contributed by atoms with Crippen molar-refractivity contribution in [3.63, 3.8) is 0 Å². The number of hydrogen-bond acceptors (Lipinski definition) is 2. The number of methoxy groups -OCH3 is 1. The summed E-state index contributed by atoms with van der Waals surface area (Å²) in [4.78, 5) is 0. The quantitative estimate of drug-likeness (QED) is 0.768. The Hall–Kier alpha value is -0.730. The molecule has 0 heterocycles. The van der Waals surface area contributed by atoms with Crippen molar-refractivity contribution < 1.29 is 4.74 Å². The molecular formula is C16H26ClNO. The highest BCUT2D eigenvalue weighted by molar-refractivity contribution is 6.30. The fourth-order valence-corrected chi connectivity index (χ4v) is 2.52. The summed E-state index contributed by atoms with van der Waals surface area (Å²) in [6.07, 6.45) is 3.28. The molecule has 1 unspecified atom stereocenters. The molecule has 3 heteroatoms. The largest absolute Gasteiger partial charge is 0.496 e. The smallest absolute Gasteiger partial charge is 0.122 e. The van der Waals surface area contributed by atoms with Crippen LogP contribution >= 0.6 is 11.6 Å². The maximum Gasteiger partial charge on any atom is 0.122 e. The van der Waals surface area contributed by atoms with Crippen LogP contribution in [0.1, 0.15) is 39.2 Å². The fourth-order valence-electron chi connectivity index (χ4n) is 2.33. The van der Waals surface area contributed by atoms with E-state index >= 15 is 0 Å². The van der Waals surface area contributed by atoms with Gasteiger partial charge < -0.3 is 10.1 Å². The van der Waals surface area contributed by atoms with Gasteiger partial charge in [-0.05, 0) is 55.5 Å². The molecule has 1 atom stereocenters. The first-order valence-electron chi connectivity index (χ1n) is 7.12. The van der Waals surface area contributed by atoms with Crippen LogP contribution in [-0.2, 0) is 6.42 Å². The van der Waals surface area contributed by atoms with Gasteiger partial charge in [0.15, 0.2) is 0 Å². The molecule has 1 aromatic carbocycles. The van der Waals surface area contributed by atoms with Gasteiger partial charge >= 0.3 is 0 Å². The van der Waals surface area contributed by atoms with Gasteiger partial charge in [0.1, 0.15) is 5.75 Å². The van der Waals surface area contributed by atoms with Gasteiger partial charge in [0, 0.05) is 11.1 Å². The second kappa shape index (κ2) is 8.44. The van der Waals surface area contributed by atoms with Gasteiger partial charge in [-0.15, -0.1) is 0 Å². The zero-order valence-electron chi connectivity index (χ0n) is 12.5. The Labute approximate surface area is 122 Å². The van der Waals surface area contributed by atoms with Gasteiger partial charge in [-0.1, -0.05) is 32.4 Å². The zero-order valence-corrected chi connectivity index (χ0v) is 13.3. The van der Waals surface area contributed by atoms with Crippen molar-refractivity contribution in [2.75, 3.05) is 13.7 Å². The first-order valence-corrected chi connectivity index (χ1v) is 7.50. The lowest BCUT2D eigenvalue weighted by Gasteiger charge is -2.21. The van der Waals surface area contributed by atoms with Gasteiger partial charge in [0.2, 0.25) is 0 Å². The van der Waals surface area contributed by atoms with Gasteiger partial charge in [0.25, 0.3) is 0 Å². The van der Waals surface area contributed by atoms with Crippen LogP contribution in [-0.4, -0.2) is 19.7 Å². The van der Waals surface area contributed by atoms with Gasteiger partial charge in [-0.3, -0.25) is 0 Å². The van der Waals surface area contributed by atoms with E-state index in [4.69, 9.17) is 16.3 Å². The lowest BCUT2D eigenvalue weighted by atomic mass is 9.96. The van der Waals surface area contributed by atoms with Crippen LogP contribution < -0.4 is 10.1 Å². The van der Waals surface area contributed by atoms with Gasteiger partial charge in [0.05, 0.1) is 7.11 Å². The molecule has 1 aromatic rings. The zero-order chi connectivity index (χ0) is 14.3. The Morgan fingerprint density at radius 3 is 2.63 bits per heavy atom. The molecule has 0 saturated carbocycles. The van der Waals surface area contributed by atoms with Crippen molar-refractivity contribution in [2.45, 2.75) is 46.1 Å². The number of halogens is 1. The Balaban J connectivity index is 2.78. The number of nitrogens with one attached hydrogen (secondary N) is 1. The van der Waals surface area contributed by atoms with E-state index in [9.17, 15) is 0 Å². The van der Waals surface area contributed by atoms with Gasteiger partial charge in [-0.2, -0.15) is 0 Å². The molecule has 0 fully saturated rings. The molecule has 0 aliphatic carbocycles. The molecule has 0 aliphatic heterocycles. The summed E-state index contributed by atoms with van der Waals surface area (Å²) in [5.41, 5.74) is 1.18. The first-order chi connectivity index (χ1) is 9.06. The molecule has 1 rings (SSSR count). The summed E-state index contributed by atoms with van der Waals surface area (Å²) in [6.45, 7) is 7.77. The molecule has 0 aliphatic rings. The molecule has 2 nitrogen and oxygen atoms in total. The molecular weight excluding hydrogens is 258 g/mol. The van der Waals surface area contributed by atoms with Crippen LogP contribution in [0.2, 0.25) is 5.02 Å². The molecule has 0 saturated heterocycles. The fraction of sp³-hybridized carbons (Fsp3) is 0.625. The summed E-state index contributed by atoms with van der Waals surface area (Å²) in [5, 5.41) is 4.39. The molecule has 0 bridgehead atoms. The number of benzene rings is 1. The third kappa shape index (κ3) is 5.84. The molecule has 0 spiro atoms. The van der Waals surface area contributed by atoms with E-state index in [0.29, 0.717) is 12.0 Å². The van der Waals surface area contributed by atoms with E-state index in [1.54, 1.807) is 7.11 Å². The van der Waals surface area contributed by atoms with Crippen molar-refractivity contribution >= 4 is 11.6 Å². The number of ether oxygens (including phenoxy) is 1. The molecule has 0 aromatic heterocycles. The third-order valence-corrected chi connectivity index (χ3v) is 3.38. The van der Waals surface area contributed by atoms with Crippen molar-refractivity contribution in [3.05, 3.63) is 28.8 Å². The van der Waals surface area contributed by atoms with Crippen LogP contribution in [0.5, 0.6) is 5.75 Å². The Morgan fingerprint density at radius 1 is 1.32 bits per heavy atom. The summed E-state index contributed by atoms with van der Waals surface area (Å²) in [5.74, 6) is 1.61. The summed E-state index contributed by atoms with van der Waals surface area (Å²) in [7, 11) is 1.71. The second-order valence-corrected chi connectivity index (χ2v) is 5.88. The van der Waals surface area contributed by atoms with Gasteiger partial charge in [-0.25, -0.2) is 0 Å². The predicted molar refractivity (Wildman–Crippen MR) is 83.2 cm³/mol. The predicted octanol–water partition coefficient (Wildman–Crippen LogP) is 4.31. The van der Waals surface area contributed by atoms with E-state index in [1.165, 1.54) is 5.56 Å². The highest BCUT2D eigenvalue weighted by Crippen LogP contribution is 2.25. The van der Waals surface area contributed by atoms with Crippen molar-refractivity contribution in [1.82, 2.24) is 5.32 Å². The highest BCUT2D eigenvalue weighted by Gasteiger charge is 2.14. The highest BCUT2D eigenvalue weighted by atomic mass is 35.5. The summed E-state index contributed by atoms with van der Waals surface area (Å²) < 4.78 is 5.42. The minimum absolute atomic E-state index is 0.479. The Bertz CT molecular complexity index is 379. The van der Waals surface area contributed by atoms with E-state index in [-0.39, 0.29) is 0 Å². The van der Waals surface area contributed by atoms with E-state index in [2.05, 4.69) is 26.1 Å². The monoisotopic (exact) mass is 283 g/mol. The van der Waals surface area contributed by atoms with Crippen molar-refractivity contribution in [3.8, 4) is 5.75 Å².